The highest BCUT2D eigenvalue weighted by Crippen LogP contribution is 2.32. The van der Waals surface area contributed by atoms with Gasteiger partial charge < -0.3 is 18.8 Å². The SMILES string of the molecule is O=C(C1COc2ccccc2O1)N(Cc1ccc(-c2ccc(F)cc2)o1)C1CCS(=O)(=O)C1. The lowest BCUT2D eigenvalue weighted by Gasteiger charge is -2.33. The largest absolute Gasteiger partial charge is 0.485 e. The average Bonchev–Trinajstić information content (AvgIpc) is 3.43. The van der Waals surface area contributed by atoms with E-state index in [4.69, 9.17) is 13.9 Å². The highest BCUT2D eigenvalue weighted by atomic mass is 32.2. The summed E-state index contributed by atoms with van der Waals surface area (Å²) in [6.07, 6.45) is -0.543. The van der Waals surface area contributed by atoms with Gasteiger partial charge in [0.05, 0.1) is 18.1 Å². The molecule has 0 saturated carbocycles. The second-order valence-electron chi connectivity index (χ2n) is 8.16. The second kappa shape index (κ2) is 8.55. The number of amides is 1. The number of fused-ring (bicyclic) bond motifs is 1. The standard InChI is InChI=1S/C24H22FNO6S/c25-17-7-5-16(6-8-17)20-10-9-19(31-20)13-26(18-11-12-33(28,29)15-18)24(27)23-14-30-21-3-1-2-4-22(21)32-23/h1-10,18,23H,11-15H2. The van der Waals surface area contributed by atoms with Gasteiger partial charge in [-0.3, -0.25) is 4.79 Å². The van der Waals surface area contributed by atoms with Crippen molar-refractivity contribution in [3.05, 3.63) is 72.2 Å². The first-order chi connectivity index (χ1) is 15.9. The third-order valence-electron chi connectivity index (χ3n) is 5.83. The molecule has 3 aromatic rings. The lowest BCUT2D eigenvalue weighted by atomic mass is 10.1. The van der Waals surface area contributed by atoms with Crippen LogP contribution in [0.3, 0.4) is 0 Å². The summed E-state index contributed by atoms with van der Waals surface area (Å²) in [5, 5.41) is 0. The Morgan fingerprint density at radius 3 is 2.52 bits per heavy atom. The third kappa shape index (κ3) is 4.59. The maximum atomic E-state index is 13.5. The number of nitrogens with zero attached hydrogens (tertiary/aromatic N) is 1. The number of halogens is 1. The van der Waals surface area contributed by atoms with E-state index in [-0.39, 0.29) is 36.4 Å². The number of benzene rings is 2. The molecule has 1 amide bonds. The Morgan fingerprint density at radius 2 is 1.79 bits per heavy atom. The molecule has 0 N–H and O–H groups in total. The van der Waals surface area contributed by atoms with Crippen molar-refractivity contribution in [2.45, 2.75) is 25.1 Å². The number of furan rings is 1. The monoisotopic (exact) mass is 471 g/mol. The Balaban J connectivity index is 1.39. The summed E-state index contributed by atoms with van der Waals surface area (Å²) in [5.74, 6) is 1.28. The number of sulfone groups is 1. The molecule has 0 bridgehead atoms. The van der Waals surface area contributed by atoms with Crippen molar-refractivity contribution in [2.75, 3.05) is 18.1 Å². The zero-order valence-corrected chi connectivity index (χ0v) is 18.5. The summed E-state index contributed by atoms with van der Waals surface area (Å²) in [6.45, 7) is 0.118. The van der Waals surface area contributed by atoms with Crippen molar-refractivity contribution in [1.29, 1.82) is 0 Å². The van der Waals surface area contributed by atoms with Gasteiger partial charge in [0.15, 0.2) is 21.3 Å². The average molecular weight is 472 g/mol. The highest BCUT2D eigenvalue weighted by molar-refractivity contribution is 7.91. The fourth-order valence-electron chi connectivity index (χ4n) is 4.13. The molecule has 0 aliphatic carbocycles. The van der Waals surface area contributed by atoms with Crippen molar-refractivity contribution in [1.82, 2.24) is 4.90 Å². The van der Waals surface area contributed by atoms with Crippen LogP contribution in [0.4, 0.5) is 4.39 Å². The minimum atomic E-state index is -3.22. The molecule has 2 aliphatic rings. The molecule has 5 rings (SSSR count). The van der Waals surface area contributed by atoms with E-state index in [1.54, 1.807) is 42.5 Å². The molecule has 3 heterocycles. The van der Waals surface area contributed by atoms with Crippen molar-refractivity contribution in [3.63, 3.8) is 0 Å². The molecule has 1 fully saturated rings. The molecule has 7 nitrogen and oxygen atoms in total. The summed E-state index contributed by atoms with van der Waals surface area (Å²) < 4.78 is 55.0. The van der Waals surface area contributed by atoms with Gasteiger partial charge in [0.25, 0.3) is 5.91 Å². The number of rotatable bonds is 5. The van der Waals surface area contributed by atoms with Crippen LogP contribution in [0, 0.1) is 5.82 Å². The molecule has 1 saturated heterocycles. The molecule has 2 aliphatic heterocycles. The fraction of sp³-hybridized carbons (Fsp3) is 0.292. The number of para-hydroxylation sites is 2. The molecular weight excluding hydrogens is 449 g/mol. The molecule has 2 aromatic carbocycles. The first-order valence-corrected chi connectivity index (χ1v) is 12.4. The van der Waals surface area contributed by atoms with E-state index >= 15 is 0 Å². The zero-order valence-electron chi connectivity index (χ0n) is 17.6. The van der Waals surface area contributed by atoms with E-state index in [0.717, 1.165) is 0 Å². The first-order valence-electron chi connectivity index (χ1n) is 10.6. The third-order valence-corrected chi connectivity index (χ3v) is 7.58. The zero-order chi connectivity index (χ0) is 23.0. The van der Waals surface area contributed by atoms with E-state index in [1.807, 2.05) is 6.07 Å². The predicted molar refractivity (Wildman–Crippen MR) is 118 cm³/mol. The lowest BCUT2D eigenvalue weighted by molar-refractivity contribution is -0.144. The number of hydrogen-bond acceptors (Lipinski definition) is 6. The van der Waals surface area contributed by atoms with Crippen LogP contribution in [0.5, 0.6) is 11.5 Å². The van der Waals surface area contributed by atoms with Crippen molar-refractivity contribution >= 4 is 15.7 Å². The Bertz CT molecular complexity index is 1270. The van der Waals surface area contributed by atoms with Crippen molar-refractivity contribution < 1.29 is 31.5 Å². The molecular formula is C24H22FNO6S. The van der Waals surface area contributed by atoms with E-state index < -0.39 is 22.0 Å². The fourth-order valence-corrected chi connectivity index (χ4v) is 5.87. The summed E-state index contributed by atoms with van der Waals surface area (Å²) in [4.78, 5) is 15.0. The number of carbonyl (C=O) groups excluding carboxylic acids is 1. The van der Waals surface area contributed by atoms with Gasteiger partial charge in [0.1, 0.15) is 23.9 Å². The highest BCUT2D eigenvalue weighted by Gasteiger charge is 2.39. The topological polar surface area (TPSA) is 86.1 Å². The van der Waals surface area contributed by atoms with E-state index in [1.165, 1.54) is 17.0 Å². The maximum Gasteiger partial charge on any atom is 0.267 e. The van der Waals surface area contributed by atoms with Gasteiger partial charge in [0.2, 0.25) is 6.10 Å². The first kappa shape index (κ1) is 21.5. The molecule has 2 unspecified atom stereocenters. The van der Waals surface area contributed by atoms with Gasteiger partial charge in [0, 0.05) is 11.6 Å². The summed E-state index contributed by atoms with van der Waals surface area (Å²) >= 11 is 0. The van der Waals surface area contributed by atoms with Crippen LogP contribution in [0.1, 0.15) is 12.2 Å². The lowest BCUT2D eigenvalue weighted by Crippen LogP contribution is -2.50. The van der Waals surface area contributed by atoms with Crippen molar-refractivity contribution in [2.24, 2.45) is 0 Å². The van der Waals surface area contributed by atoms with Gasteiger partial charge in [-0.2, -0.15) is 0 Å². The Morgan fingerprint density at radius 1 is 1.03 bits per heavy atom. The molecule has 0 spiro atoms. The number of hydrogen-bond donors (Lipinski definition) is 0. The molecule has 33 heavy (non-hydrogen) atoms. The molecule has 9 heteroatoms. The van der Waals surface area contributed by atoms with Gasteiger partial charge in [-0.1, -0.05) is 12.1 Å². The minimum Gasteiger partial charge on any atom is -0.485 e. The van der Waals surface area contributed by atoms with Gasteiger partial charge in [-0.15, -0.1) is 0 Å². The van der Waals surface area contributed by atoms with E-state index in [0.29, 0.717) is 35.0 Å². The number of carbonyl (C=O) groups is 1. The Kier molecular flexibility index (Phi) is 5.57. The Labute approximate surface area is 190 Å². The normalized spacial score (nSPS) is 21.0. The predicted octanol–water partition coefficient (Wildman–Crippen LogP) is 3.44. The van der Waals surface area contributed by atoms with Crippen LogP contribution >= 0.6 is 0 Å². The van der Waals surface area contributed by atoms with Crippen LogP contribution < -0.4 is 9.47 Å². The van der Waals surface area contributed by atoms with Crippen LogP contribution in [0.25, 0.3) is 11.3 Å². The Hall–Kier alpha value is -3.33. The van der Waals surface area contributed by atoms with Crippen LogP contribution in [-0.2, 0) is 21.2 Å². The summed E-state index contributed by atoms with van der Waals surface area (Å²) in [5.41, 5.74) is 0.699. The van der Waals surface area contributed by atoms with Gasteiger partial charge >= 0.3 is 0 Å². The molecule has 172 valence electrons. The van der Waals surface area contributed by atoms with Crippen LogP contribution in [0.15, 0.2) is 65.1 Å². The molecule has 0 radical (unpaired) electrons. The molecule has 2 atom stereocenters. The van der Waals surface area contributed by atoms with Crippen molar-refractivity contribution in [3.8, 4) is 22.8 Å². The second-order valence-corrected chi connectivity index (χ2v) is 10.4. The van der Waals surface area contributed by atoms with Crippen LogP contribution in [-0.4, -0.2) is 49.5 Å². The number of ether oxygens (including phenoxy) is 2. The minimum absolute atomic E-state index is 0.0325. The molecule has 1 aromatic heterocycles. The van der Waals surface area contributed by atoms with Crippen LogP contribution in [0.2, 0.25) is 0 Å². The summed E-state index contributed by atoms with van der Waals surface area (Å²) in [6, 6.07) is 16.0. The maximum absolute atomic E-state index is 13.5. The smallest absolute Gasteiger partial charge is 0.267 e. The van der Waals surface area contributed by atoms with Gasteiger partial charge in [-0.25, -0.2) is 12.8 Å². The summed E-state index contributed by atoms with van der Waals surface area (Å²) in [7, 11) is -3.22. The van der Waals surface area contributed by atoms with E-state index in [2.05, 4.69) is 0 Å². The van der Waals surface area contributed by atoms with Gasteiger partial charge in [-0.05, 0) is 55.0 Å². The quantitative estimate of drug-likeness (QED) is 0.567. The van der Waals surface area contributed by atoms with E-state index in [9.17, 15) is 17.6 Å².